The minimum Gasteiger partial charge on any atom is -0.334 e. The number of nitrogens with zero attached hydrogens (tertiary/aromatic N) is 3. The summed E-state index contributed by atoms with van der Waals surface area (Å²) in [7, 11) is 0. The highest BCUT2D eigenvalue weighted by Gasteiger charge is 2.32. The maximum Gasteiger partial charge on any atom is 0.318 e. The highest BCUT2D eigenvalue weighted by atomic mass is 19.1. The van der Waals surface area contributed by atoms with Gasteiger partial charge in [0, 0.05) is 18.7 Å². The molecular weight excluding hydrogens is 357 g/mol. The molecule has 4 rings (SSSR count). The molecule has 0 unspecified atom stereocenters. The fourth-order valence-electron chi connectivity index (χ4n) is 3.43. The molecule has 7 heteroatoms. The van der Waals surface area contributed by atoms with Crippen molar-refractivity contribution < 1.29 is 9.18 Å². The van der Waals surface area contributed by atoms with E-state index in [4.69, 9.17) is 0 Å². The smallest absolute Gasteiger partial charge is 0.318 e. The summed E-state index contributed by atoms with van der Waals surface area (Å²) in [6, 6.07) is 13.9. The molecule has 2 amide bonds. The molecule has 0 aliphatic carbocycles. The van der Waals surface area contributed by atoms with Gasteiger partial charge in [0.15, 0.2) is 5.82 Å². The van der Waals surface area contributed by atoms with Gasteiger partial charge >= 0.3 is 6.03 Å². The number of rotatable bonds is 4. The molecule has 0 spiro atoms. The summed E-state index contributed by atoms with van der Waals surface area (Å²) in [5.74, 6) is 0.857. The fourth-order valence-corrected chi connectivity index (χ4v) is 3.43. The van der Waals surface area contributed by atoms with Crippen molar-refractivity contribution >= 4 is 6.03 Å². The minimum atomic E-state index is -0.299. The molecule has 3 aromatic rings. The average Bonchev–Trinajstić information content (AvgIpc) is 3.37. The summed E-state index contributed by atoms with van der Waals surface area (Å²) >= 11 is 0. The summed E-state index contributed by atoms with van der Waals surface area (Å²) in [5, 5.41) is 10.2. The molecule has 0 saturated carbocycles. The van der Waals surface area contributed by atoms with Crippen LogP contribution in [0.4, 0.5) is 9.18 Å². The maximum atomic E-state index is 13.1. The summed E-state index contributed by atoms with van der Waals surface area (Å²) in [4.78, 5) is 19.0. The van der Waals surface area contributed by atoms with E-state index in [0.717, 1.165) is 24.0 Å². The number of benzene rings is 2. The summed E-state index contributed by atoms with van der Waals surface area (Å²) < 4.78 is 13.1. The van der Waals surface area contributed by atoms with Crippen molar-refractivity contribution in [3.63, 3.8) is 0 Å². The van der Waals surface area contributed by atoms with E-state index >= 15 is 0 Å². The summed E-state index contributed by atoms with van der Waals surface area (Å²) in [6.07, 6.45) is 1.74. The van der Waals surface area contributed by atoms with E-state index in [1.807, 2.05) is 31.2 Å². The standard InChI is InChI=1S/C21H22FN5O/c1-14-4-6-15(7-5-14)13-23-21(28)27-12-2-3-18(27)20-24-19(25-26-20)16-8-10-17(22)11-9-16/h4-11,18H,2-3,12-13H2,1H3,(H,23,28)(H,24,25,26)/t18-/m0/s1. The number of H-pyrrole nitrogens is 1. The number of hydrogen-bond acceptors (Lipinski definition) is 3. The van der Waals surface area contributed by atoms with Gasteiger partial charge in [0.2, 0.25) is 0 Å². The van der Waals surface area contributed by atoms with E-state index in [9.17, 15) is 9.18 Å². The van der Waals surface area contributed by atoms with Crippen molar-refractivity contribution in [3.05, 3.63) is 71.3 Å². The molecule has 28 heavy (non-hydrogen) atoms. The van der Waals surface area contributed by atoms with E-state index in [2.05, 4.69) is 20.5 Å². The first-order valence-electron chi connectivity index (χ1n) is 9.38. The first-order valence-corrected chi connectivity index (χ1v) is 9.38. The number of likely N-dealkylation sites (tertiary alicyclic amines) is 1. The van der Waals surface area contributed by atoms with Gasteiger partial charge in [-0.05, 0) is 49.6 Å². The van der Waals surface area contributed by atoms with Crippen LogP contribution in [0.1, 0.15) is 35.8 Å². The zero-order valence-electron chi connectivity index (χ0n) is 15.7. The topological polar surface area (TPSA) is 73.9 Å². The van der Waals surface area contributed by atoms with E-state index < -0.39 is 0 Å². The van der Waals surface area contributed by atoms with Crippen LogP contribution in [-0.4, -0.2) is 32.7 Å². The Morgan fingerprint density at radius 2 is 1.96 bits per heavy atom. The normalized spacial score (nSPS) is 16.4. The number of halogens is 1. The second kappa shape index (κ2) is 7.80. The second-order valence-corrected chi connectivity index (χ2v) is 7.05. The Kier molecular flexibility index (Phi) is 5.06. The number of carbonyl (C=O) groups excluding carboxylic acids is 1. The molecule has 144 valence electrons. The zero-order valence-corrected chi connectivity index (χ0v) is 15.7. The Bertz CT molecular complexity index is 952. The molecule has 0 bridgehead atoms. The highest BCUT2D eigenvalue weighted by Crippen LogP contribution is 2.30. The lowest BCUT2D eigenvalue weighted by molar-refractivity contribution is 0.190. The largest absolute Gasteiger partial charge is 0.334 e. The van der Waals surface area contributed by atoms with Crippen molar-refractivity contribution in [2.45, 2.75) is 32.4 Å². The zero-order chi connectivity index (χ0) is 19.5. The molecule has 2 N–H and O–H groups in total. The molecule has 1 aromatic heterocycles. The maximum absolute atomic E-state index is 13.1. The molecule has 2 heterocycles. The lowest BCUT2D eigenvalue weighted by Crippen LogP contribution is -2.39. The number of aromatic amines is 1. The number of aryl methyl sites for hydroxylation is 1. The van der Waals surface area contributed by atoms with Crippen LogP contribution in [0.2, 0.25) is 0 Å². The number of hydrogen-bond donors (Lipinski definition) is 2. The Balaban J connectivity index is 1.43. The third kappa shape index (κ3) is 3.88. The fraction of sp³-hybridized carbons (Fsp3) is 0.286. The van der Waals surface area contributed by atoms with Crippen LogP contribution in [0.3, 0.4) is 0 Å². The van der Waals surface area contributed by atoms with Gasteiger partial charge in [-0.2, -0.15) is 5.10 Å². The predicted octanol–water partition coefficient (Wildman–Crippen LogP) is 3.97. The van der Waals surface area contributed by atoms with Gasteiger partial charge in [-0.1, -0.05) is 29.8 Å². The number of nitrogens with one attached hydrogen (secondary N) is 2. The van der Waals surface area contributed by atoms with Gasteiger partial charge in [0.1, 0.15) is 11.6 Å². The summed E-state index contributed by atoms with van der Waals surface area (Å²) in [6.45, 7) is 3.20. The molecular formula is C21H22FN5O. The predicted molar refractivity (Wildman–Crippen MR) is 104 cm³/mol. The number of aromatic nitrogens is 3. The van der Waals surface area contributed by atoms with E-state index in [0.29, 0.717) is 24.7 Å². The van der Waals surface area contributed by atoms with Crippen LogP contribution in [0, 0.1) is 12.7 Å². The molecule has 1 atom stereocenters. The SMILES string of the molecule is Cc1ccc(CNC(=O)N2CCC[C@H]2c2nc(-c3ccc(F)cc3)n[nH]2)cc1. The molecule has 6 nitrogen and oxygen atoms in total. The van der Waals surface area contributed by atoms with Crippen molar-refractivity contribution in [2.24, 2.45) is 0 Å². The van der Waals surface area contributed by atoms with Crippen LogP contribution >= 0.6 is 0 Å². The lowest BCUT2D eigenvalue weighted by atomic mass is 10.1. The highest BCUT2D eigenvalue weighted by molar-refractivity contribution is 5.75. The Hall–Kier alpha value is -3.22. The molecule has 1 saturated heterocycles. The first-order chi connectivity index (χ1) is 13.6. The van der Waals surface area contributed by atoms with Crippen molar-refractivity contribution in [3.8, 4) is 11.4 Å². The average molecular weight is 379 g/mol. The molecule has 1 fully saturated rings. The first kappa shape index (κ1) is 18.2. The molecule has 0 radical (unpaired) electrons. The minimum absolute atomic E-state index is 0.109. The van der Waals surface area contributed by atoms with Gasteiger partial charge in [0.05, 0.1) is 6.04 Å². The van der Waals surface area contributed by atoms with Crippen LogP contribution in [-0.2, 0) is 6.54 Å². The van der Waals surface area contributed by atoms with Gasteiger partial charge in [-0.3, -0.25) is 5.10 Å². The van der Waals surface area contributed by atoms with E-state index in [-0.39, 0.29) is 17.9 Å². The van der Waals surface area contributed by atoms with Crippen LogP contribution in [0.25, 0.3) is 11.4 Å². The quantitative estimate of drug-likeness (QED) is 0.720. The van der Waals surface area contributed by atoms with Gasteiger partial charge in [-0.25, -0.2) is 14.2 Å². The number of amides is 2. The molecule has 2 aromatic carbocycles. The van der Waals surface area contributed by atoms with Gasteiger partial charge < -0.3 is 10.2 Å². The van der Waals surface area contributed by atoms with Crippen molar-refractivity contribution in [1.29, 1.82) is 0 Å². The van der Waals surface area contributed by atoms with Crippen molar-refractivity contribution in [2.75, 3.05) is 6.54 Å². The van der Waals surface area contributed by atoms with Crippen LogP contribution < -0.4 is 5.32 Å². The van der Waals surface area contributed by atoms with E-state index in [1.165, 1.54) is 17.7 Å². The Morgan fingerprint density at radius 1 is 1.21 bits per heavy atom. The number of carbonyl (C=O) groups is 1. The number of urea groups is 1. The Morgan fingerprint density at radius 3 is 2.71 bits per heavy atom. The summed E-state index contributed by atoms with van der Waals surface area (Å²) in [5.41, 5.74) is 2.99. The molecule has 1 aliphatic rings. The van der Waals surface area contributed by atoms with Crippen molar-refractivity contribution in [1.82, 2.24) is 25.4 Å². The van der Waals surface area contributed by atoms with E-state index in [1.54, 1.807) is 17.0 Å². The molecule has 1 aliphatic heterocycles. The Labute approximate surface area is 162 Å². The van der Waals surface area contributed by atoms with Gasteiger partial charge in [0.25, 0.3) is 0 Å². The lowest BCUT2D eigenvalue weighted by Gasteiger charge is -2.23. The van der Waals surface area contributed by atoms with Crippen LogP contribution in [0.15, 0.2) is 48.5 Å². The third-order valence-electron chi connectivity index (χ3n) is 5.00. The third-order valence-corrected chi connectivity index (χ3v) is 5.00. The van der Waals surface area contributed by atoms with Gasteiger partial charge in [-0.15, -0.1) is 0 Å². The van der Waals surface area contributed by atoms with Crippen LogP contribution in [0.5, 0.6) is 0 Å². The monoisotopic (exact) mass is 379 g/mol. The second-order valence-electron chi connectivity index (χ2n) is 7.05.